The van der Waals surface area contributed by atoms with Crippen LogP contribution in [0.5, 0.6) is 0 Å². The van der Waals surface area contributed by atoms with Crippen molar-refractivity contribution in [2.45, 2.75) is 51.7 Å². The average Bonchev–Trinajstić information content (AvgIpc) is 2.30. The van der Waals surface area contributed by atoms with Crippen molar-refractivity contribution in [1.29, 1.82) is 0 Å². The Bertz CT molecular complexity index is 304. The van der Waals surface area contributed by atoms with Gasteiger partial charge in [-0.05, 0) is 37.2 Å². The van der Waals surface area contributed by atoms with E-state index in [1.807, 2.05) is 0 Å². The first-order valence-electron chi connectivity index (χ1n) is 6.45. The van der Waals surface area contributed by atoms with Gasteiger partial charge < -0.3 is 4.74 Å². The molecule has 0 aliphatic carbocycles. The monoisotopic (exact) mass is 218 g/mol. The van der Waals surface area contributed by atoms with Crippen LogP contribution in [0.4, 0.5) is 0 Å². The van der Waals surface area contributed by atoms with Crippen LogP contribution in [0.3, 0.4) is 0 Å². The Morgan fingerprint density at radius 2 is 1.94 bits per heavy atom. The van der Waals surface area contributed by atoms with E-state index in [1.165, 1.54) is 24.8 Å². The summed E-state index contributed by atoms with van der Waals surface area (Å²) in [4.78, 5) is 0. The van der Waals surface area contributed by atoms with Crippen LogP contribution in [-0.4, -0.2) is 12.2 Å². The van der Waals surface area contributed by atoms with Crippen molar-refractivity contribution in [2.75, 3.05) is 0 Å². The third-order valence-corrected chi connectivity index (χ3v) is 3.43. The van der Waals surface area contributed by atoms with Crippen molar-refractivity contribution in [2.24, 2.45) is 5.92 Å². The number of hydrogen-bond acceptors (Lipinski definition) is 1. The van der Waals surface area contributed by atoms with E-state index in [0.29, 0.717) is 18.1 Å². The Kier molecular flexibility index (Phi) is 4.00. The number of ether oxygens (including phenoxy) is 1. The molecule has 1 aromatic rings. The summed E-state index contributed by atoms with van der Waals surface area (Å²) in [5, 5.41) is 0. The normalized spacial score (nSPS) is 25.9. The lowest BCUT2D eigenvalue weighted by molar-refractivity contribution is -0.0697. The summed E-state index contributed by atoms with van der Waals surface area (Å²) < 4.78 is 6.15. The average molecular weight is 218 g/mol. The molecule has 1 nitrogen and oxygen atoms in total. The molecule has 1 aromatic carbocycles. The Balaban J connectivity index is 1.90. The first-order chi connectivity index (χ1) is 7.75. The molecular weight excluding hydrogens is 196 g/mol. The molecule has 0 spiro atoms. The highest BCUT2D eigenvalue weighted by molar-refractivity contribution is 5.15. The van der Waals surface area contributed by atoms with E-state index in [1.54, 1.807) is 0 Å². The molecule has 1 heterocycles. The van der Waals surface area contributed by atoms with Gasteiger partial charge in [-0.2, -0.15) is 0 Å². The second kappa shape index (κ2) is 5.49. The van der Waals surface area contributed by atoms with Crippen molar-refractivity contribution >= 4 is 0 Å². The lowest BCUT2D eigenvalue weighted by Gasteiger charge is -2.32. The zero-order chi connectivity index (χ0) is 11.4. The summed E-state index contributed by atoms with van der Waals surface area (Å²) in [6.45, 7) is 4.52. The van der Waals surface area contributed by atoms with Gasteiger partial charge in [0.15, 0.2) is 0 Å². The van der Waals surface area contributed by atoms with Crippen LogP contribution in [0, 0.1) is 5.92 Å². The maximum atomic E-state index is 6.15. The molecule has 0 bridgehead atoms. The van der Waals surface area contributed by atoms with Gasteiger partial charge in [-0.15, -0.1) is 0 Å². The highest BCUT2D eigenvalue weighted by Crippen LogP contribution is 2.25. The molecule has 0 aromatic heterocycles. The third kappa shape index (κ3) is 3.08. The summed E-state index contributed by atoms with van der Waals surface area (Å²) in [6, 6.07) is 10.7. The minimum atomic E-state index is 0.434. The molecule has 0 radical (unpaired) electrons. The van der Waals surface area contributed by atoms with Crippen LogP contribution in [0.2, 0.25) is 0 Å². The van der Waals surface area contributed by atoms with Crippen molar-refractivity contribution < 1.29 is 4.74 Å². The first-order valence-corrected chi connectivity index (χ1v) is 6.45. The van der Waals surface area contributed by atoms with E-state index in [9.17, 15) is 0 Å². The fourth-order valence-electron chi connectivity index (χ4n) is 2.45. The minimum absolute atomic E-state index is 0.434. The van der Waals surface area contributed by atoms with E-state index in [4.69, 9.17) is 4.74 Å². The highest BCUT2D eigenvalue weighted by Gasteiger charge is 2.24. The molecule has 1 aliphatic heterocycles. The molecule has 1 aliphatic rings. The second-order valence-electron chi connectivity index (χ2n) is 5.16. The van der Waals surface area contributed by atoms with Crippen molar-refractivity contribution in [3.63, 3.8) is 0 Å². The van der Waals surface area contributed by atoms with Crippen LogP contribution in [0.25, 0.3) is 0 Å². The van der Waals surface area contributed by atoms with E-state index >= 15 is 0 Å². The predicted molar refractivity (Wildman–Crippen MR) is 67.5 cm³/mol. The SMILES string of the molecule is CC(C)[C@@H]1CCC[C@H](Cc2ccccc2)O1. The Morgan fingerprint density at radius 3 is 2.62 bits per heavy atom. The lowest BCUT2D eigenvalue weighted by Crippen LogP contribution is -2.32. The molecule has 0 unspecified atom stereocenters. The van der Waals surface area contributed by atoms with Crippen molar-refractivity contribution in [3.05, 3.63) is 35.9 Å². The van der Waals surface area contributed by atoms with E-state index in [2.05, 4.69) is 44.2 Å². The number of rotatable bonds is 3. The van der Waals surface area contributed by atoms with Gasteiger partial charge in [-0.3, -0.25) is 0 Å². The third-order valence-electron chi connectivity index (χ3n) is 3.43. The van der Waals surface area contributed by atoms with Gasteiger partial charge in [0.1, 0.15) is 0 Å². The van der Waals surface area contributed by atoms with Crippen molar-refractivity contribution in [3.8, 4) is 0 Å². The molecule has 0 saturated carbocycles. The van der Waals surface area contributed by atoms with Gasteiger partial charge >= 0.3 is 0 Å². The second-order valence-corrected chi connectivity index (χ2v) is 5.16. The lowest BCUT2D eigenvalue weighted by atomic mass is 9.94. The highest BCUT2D eigenvalue weighted by atomic mass is 16.5. The minimum Gasteiger partial charge on any atom is -0.374 e. The van der Waals surface area contributed by atoms with Gasteiger partial charge in [0.05, 0.1) is 12.2 Å². The molecule has 1 heteroatoms. The predicted octanol–water partition coefficient (Wildman–Crippen LogP) is 3.82. The van der Waals surface area contributed by atoms with Gasteiger partial charge in [-0.1, -0.05) is 44.2 Å². The molecule has 1 fully saturated rings. The largest absolute Gasteiger partial charge is 0.374 e. The Labute approximate surface area is 98.8 Å². The number of benzene rings is 1. The summed E-state index contributed by atoms with van der Waals surface area (Å²) in [7, 11) is 0. The van der Waals surface area contributed by atoms with E-state index in [-0.39, 0.29) is 0 Å². The zero-order valence-electron chi connectivity index (χ0n) is 10.4. The van der Waals surface area contributed by atoms with E-state index in [0.717, 1.165) is 6.42 Å². The summed E-state index contributed by atoms with van der Waals surface area (Å²) >= 11 is 0. The van der Waals surface area contributed by atoms with Gasteiger partial charge in [0.2, 0.25) is 0 Å². The van der Waals surface area contributed by atoms with Crippen molar-refractivity contribution in [1.82, 2.24) is 0 Å². The molecule has 0 N–H and O–H groups in total. The smallest absolute Gasteiger partial charge is 0.0619 e. The topological polar surface area (TPSA) is 9.23 Å². The summed E-state index contributed by atoms with van der Waals surface area (Å²) in [5.74, 6) is 0.651. The zero-order valence-corrected chi connectivity index (χ0v) is 10.4. The van der Waals surface area contributed by atoms with Crippen LogP contribution in [-0.2, 0) is 11.2 Å². The molecular formula is C15H22O. The molecule has 2 atom stereocenters. The number of hydrogen-bond donors (Lipinski definition) is 0. The van der Waals surface area contributed by atoms with Gasteiger partial charge in [0, 0.05) is 0 Å². The molecule has 0 amide bonds. The molecule has 2 rings (SSSR count). The fourth-order valence-corrected chi connectivity index (χ4v) is 2.45. The van der Waals surface area contributed by atoms with Crippen LogP contribution < -0.4 is 0 Å². The standard InChI is InChI=1S/C15H22O/c1-12(2)15-10-6-9-14(16-15)11-13-7-4-3-5-8-13/h3-5,7-8,12,14-15H,6,9-11H2,1-2H3/t14-,15+/m1/s1. The molecule has 16 heavy (non-hydrogen) atoms. The first kappa shape index (κ1) is 11.7. The maximum Gasteiger partial charge on any atom is 0.0619 e. The summed E-state index contributed by atoms with van der Waals surface area (Å²) in [5.41, 5.74) is 1.40. The van der Waals surface area contributed by atoms with Crippen LogP contribution in [0.1, 0.15) is 38.7 Å². The van der Waals surface area contributed by atoms with Gasteiger partial charge in [0.25, 0.3) is 0 Å². The van der Waals surface area contributed by atoms with Crippen LogP contribution >= 0.6 is 0 Å². The van der Waals surface area contributed by atoms with Gasteiger partial charge in [-0.25, -0.2) is 0 Å². The van der Waals surface area contributed by atoms with Crippen LogP contribution in [0.15, 0.2) is 30.3 Å². The maximum absolute atomic E-state index is 6.15. The summed E-state index contributed by atoms with van der Waals surface area (Å²) in [6.07, 6.45) is 5.76. The quantitative estimate of drug-likeness (QED) is 0.749. The molecule has 1 saturated heterocycles. The Morgan fingerprint density at radius 1 is 1.19 bits per heavy atom. The van der Waals surface area contributed by atoms with E-state index < -0.39 is 0 Å². The Hall–Kier alpha value is -0.820. The molecule has 88 valence electrons. The fraction of sp³-hybridized carbons (Fsp3) is 0.600.